The highest BCUT2D eigenvalue weighted by atomic mass is 32.2. The quantitative estimate of drug-likeness (QED) is 0.475. The summed E-state index contributed by atoms with van der Waals surface area (Å²) in [5, 5.41) is 0. The number of hydrogen-bond donors (Lipinski definition) is 1. The van der Waals surface area contributed by atoms with Crippen molar-refractivity contribution in [2.75, 3.05) is 19.8 Å². The molecule has 0 saturated heterocycles. The van der Waals surface area contributed by atoms with Gasteiger partial charge in [-0.1, -0.05) is 0 Å². The van der Waals surface area contributed by atoms with Crippen molar-refractivity contribution in [3.63, 3.8) is 0 Å². The van der Waals surface area contributed by atoms with Crippen LogP contribution in [0.4, 0.5) is 5.69 Å². The van der Waals surface area contributed by atoms with Crippen molar-refractivity contribution in [3.8, 4) is 0 Å². The van der Waals surface area contributed by atoms with Crippen molar-refractivity contribution in [2.24, 2.45) is 4.40 Å². The van der Waals surface area contributed by atoms with Crippen LogP contribution < -0.4 is 5.73 Å². The van der Waals surface area contributed by atoms with Crippen molar-refractivity contribution in [1.29, 1.82) is 0 Å². The van der Waals surface area contributed by atoms with Crippen LogP contribution in [0.5, 0.6) is 0 Å². The molecule has 0 heterocycles. The van der Waals surface area contributed by atoms with Gasteiger partial charge in [0.1, 0.15) is 5.84 Å². The molecular weight excluding hydrogens is 226 g/mol. The van der Waals surface area contributed by atoms with Gasteiger partial charge in [-0.3, -0.25) is 0 Å². The minimum atomic E-state index is -3.63. The molecular formula is C10H15N3O2S. The summed E-state index contributed by atoms with van der Waals surface area (Å²) in [7, 11) is -0.164. The molecule has 1 rings (SSSR count). The number of nitrogens with two attached hydrogens (primary N) is 1. The molecule has 2 N–H and O–H groups in total. The topological polar surface area (TPSA) is 75.8 Å². The smallest absolute Gasteiger partial charge is 0.283 e. The Labute approximate surface area is 95.6 Å². The maximum absolute atomic E-state index is 11.8. The molecule has 88 valence electrons. The standard InChI is InChI=1S/C10H15N3O2S/c1-8(13(2)3)12-16(14,15)10-6-4-9(11)5-7-10/h4-7H,11H2,1-3H3/b12-8+. The van der Waals surface area contributed by atoms with E-state index >= 15 is 0 Å². The lowest BCUT2D eigenvalue weighted by Gasteiger charge is -2.10. The van der Waals surface area contributed by atoms with E-state index in [0.717, 1.165) is 0 Å². The molecule has 0 saturated carbocycles. The Kier molecular flexibility index (Phi) is 3.54. The van der Waals surface area contributed by atoms with Crippen molar-refractivity contribution in [1.82, 2.24) is 4.90 Å². The van der Waals surface area contributed by atoms with E-state index in [-0.39, 0.29) is 4.90 Å². The van der Waals surface area contributed by atoms with E-state index in [1.54, 1.807) is 25.9 Å². The largest absolute Gasteiger partial charge is 0.399 e. The summed E-state index contributed by atoms with van der Waals surface area (Å²) in [4.78, 5) is 1.78. The highest BCUT2D eigenvalue weighted by Gasteiger charge is 2.13. The lowest BCUT2D eigenvalue weighted by Crippen LogP contribution is -2.20. The van der Waals surface area contributed by atoms with Gasteiger partial charge in [0.15, 0.2) is 0 Å². The number of sulfonamides is 1. The zero-order valence-electron chi connectivity index (χ0n) is 9.51. The predicted octanol–water partition coefficient (Wildman–Crippen LogP) is 0.938. The summed E-state index contributed by atoms with van der Waals surface area (Å²) >= 11 is 0. The average molecular weight is 241 g/mol. The molecule has 16 heavy (non-hydrogen) atoms. The third-order valence-electron chi connectivity index (χ3n) is 2.08. The van der Waals surface area contributed by atoms with Gasteiger partial charge < -0.3 is 10.6 Å². The average Bonchev–Trinajstić information content (AvgIpc) is 2.17. The van der Waals surface area contributed by atoms with E-state index in [1.165, 1.54) is 24.3 Å². The molecule has 0 bridgehead atoms. The highest BCUT2D eigenvalue weighted by molar-refractivity contribution is 7.90. The Balaban J connectivity index is 3.13. The van der Waals surface area contributed by atoms with Crippen LogP contribution in [0.1, 0.15) is 6.92 Å². The van der Waals surface area contributed by atoms with Crippen LogP contribution in [0.15, 0.2) is 33.6 Å². The first-order valence-electron chi connectivity index (χ1n) is 4.67. The minimum Gasteiger partial charge on any atom is -0.399 e. The second-order valence-electron chi connectivity index (χ2n) is 3.58. The Hall–Kier alpha value is -1.56. The van der Waals surface area contributed by atoms with Gasteiger partial charge in [0.25, 0.3) is 10.0 Å². The van der Waals surface area contributed by atoms with E-state index in [9.17, 15) is 8.42 Å². The highest BCUT2D eigenvalue weighted by Crippen LogP contribution is 2.14. The summed E-state index contributed by atoms with van der Waals surface area (Å²) in [5.41, 5.74) is 6.00. The van der Waals surface area contributed by atoms with Crippen molar-refractivity contribution < 1.29 is 8.42 Å². The number of hydrogen-bond acceptors (Lipinski definition) is 3. The summed E-state index contributed by atoms with van der Waals surface area (Å²) in [6.07, 6.45) is 0. The van der Waals surface area contributed by atoms with Crippen LogP contribution in [-0.4, -0.2) is 33.2 Å². The normalized spacial score (nSPS) is 12.6. The Morgan fingerprint density at radius 3 is 2.19 bits per heavy atom. The molecule has 0 aromatic heterocycles. The predicted molar refractivity (Wildman–Crippen MR) is 64.8 cm³/mol. The number of anilines is 1. The summed E-state index contributed by atoms with van der Waals surface area (Å²) in [5.74, 6) is 0.428. The van der Waals surface area contributed by atoms with Crippen molar-refractivity contribution >= 4 is 21.5 Å². The van der Waals surface area contributed by atoms with Gasteiger partial charge >= 0.3 is 0 Å². The fourth-order valence-corrected chi connectivity index (χ4v) is 2.04. The van der Waals surface area contributed by atoms with Gasteiger partial charge in [-0.15, -0.1) is 4.40 Å². The van der Waals surface area contributed by atoms with Crippen molar-refractivity contribution in [2.45, 2.75) is 11.8 Å². The molecule has 0 radical (unpaired) electrons. The molecule has 0 atom stereocenters. The van der Waals surface area contributed by atoms with E-state index < -0.39 is 10.0 Å². The molecule has 0 aliphatic rings. The Bertz CT molecular complexity index is 489. The first kappa shape index (κ1) is 12.5. The Morgan fingerprint density at radius 2 is 1.75 bits per heavy atom. The number of nitrogens with zero attached hydrogens (tertiary/aromatic N) is 2. The van der Waals surface area contributed by atoms with Crippen LogP contribution in [0.25, 0.3) is 0 Å². The zero-order valence-corrected chi connectivity index (χ0v) is 10.3. The molecule has 0 amide bonds. The van der Waals surface area contributed by atoms with E-state index in [2.05, 4.69) is 4.40 Å². The third kappa shape index (κ3) is 2.96. The lowest BCUT2D eigenvalue weighted by atomic mass is 10.3. The van der Waals surface area contributed by atoms with Gasteiger partial charge in [0.05, 0.1) is 4.90 Å². The summed E-state index contributed by atoms with van der Waals surface area (Å²) < 4.78 is 27.3. The van der Waals surface area contributed by atoms with E-state index in [4.69, 9.17) is 5.73 Å². The van der Waals surface area contributed by atoms with E-state index in [0.29, 0.717) is 11.5 Å². The summed E-state index contributed by atoms with van der Waals surface area (Å²) in [6.45, 7) is 1.63. The second kappa shape index (κ2) is 4.52. The van der Waals surface area contributed by atoms with Crippen molar-refractivity contribution in [3.05, 3.63) is 24.3 Å². The maximum Gasteiger partial charge on any atom is 0.283 e. The van der Waals surface area contributed by atoms with Crippen LogP contribution in [0, 0.1) is 0 Å². The molecule has 0 unspecified atom stereocenters. The van der Waals surface area contributed by atoms with Gasteiger partial charge in [-0.25, -0.2) is 0 Å². The zero-order chi connectivity index (χ0) is 12.3. The number of rotatable bonds is 2. The van der Waals surface area contributed by atoms with Gasteiger partial charge in [0.2, 0.25) is 0 Å². The number of amidine groups is 1. The maximum atomic E-state index is 11.8. The SMILES string of the molecule is C/C(=N\S(=O)(=O)c1ccc(N)cc1)N(C)C. The molecule has 5 nitrogen and oxygen atoms in total. The van der Waals surface area contributed by atoms with Gasteiger partial charge in [-0.2, -0.15) is 8.42 Å². The van der Waals surface area contributed by atoms with Crippen LogP contribution in [0.3, 0.4) is 0 Å². The Morgan fingerprint density at radius 1 is 1.25 bits per heavy atom. The van der Waals surface area contributed by atoms with E-state index in [1.807, 2.05) is 0 Å². The van der Waals surface area contributed by atoms with Gasteiger partial charge in [-0.05, 0) is 31.2 Å². The molecule has 0 fully saturated rings. The molecule has 0 aliphatic carbocycles. The minimum absolute atomic E-state index is 0.142. The number of nitrogen functional groups attached to an aromatic ring is 1. The molecule has 1 aromatic carbocycles. The van der Waals surface area contributed by atoms with Crippen LogP contribution in [-0.2, 0) is 10.0 Å². The first-order chi connectivity index (χ1) is 7.33. The lowest BCUT2D eigenvalue weighted by molar-refractivity contribution is 0.591. The molecule has 0 spiro atoms. The molecule has 0 aliphatic heterocycles. The third-order valence-corrected chi connectivity index (χ3v) is 3.45. The monoisotopic (exact) mass is 241 g/mol. The van der Waals surface area contributed by atoms with Crippen LogP contribution in [0.2, 0.25) is 0 Å². The second-order valence-corrected chi connectivity index (χ2v) is 5.18. The number of benzene rings is 1. The summed E-state index contributed by atoms with van der Waals surface area (Å²) in [6, 6.07) is 5.95. The molecule has 1 aromatic rings. The van der Waals surface area contributed by atoms with Gasteiger partial charge in [0, 0.05) is 19.8 Å². The molecule has 6 heteroatoms. The fraction of sp³-hybridized carbons (Fsp3) is 0.300. The van der Waals surface area contributed by atoms with Crippen LogP contribution >= 0.6 is 0 Å². The first-order valence-corrected chi connectivity index (χ1v) is 6.11. The fourth-order valence-electron chi connectivity index (χ4n) is 0.948.